The van der Waals surface area contributed by atoms with E-state index in [2.05, 4.69) is 0 Å². The van der Waals surface area contributed by atoms with Crippen LogP contribution in [0, 0.1) is 15.3 Å². The summed E-state index contributed by atoms with van der Waals surface area (Å²) in [5, 5.41) is 14.8. The Hall–Kier alpha value is 0.842. The quantitative estimate of drug-likeness (QED) is 0.170. The first-order chi connectivity index (χ1) is 3.73. The maximum atomic E-state index is 8.55. The zero-order valence-electron chi connectivity index (χ0n) is 5.17. The van der Waals surface area contributed by atoms with Crippen LogP contribution >= 0.6 is 7.82 Å². The van der Waals surface area contributed by atoms with Gasteiger partial charge < -0.3 is 34.6 Å². The van der Waals surface area contributed by atoms with Crippen LogP contribution < -0.4 is 14.7 Å². The molecule has 56 valence electrons. The molecular formula is Mg2NO7P. The summed E-state index contributed by atoms with van der Waals surface area (Å²) in [5.41, 5.74) is 0. The van der Waals surface area contributed by atoms with Gasteiger partial charge in [0.1, 0.15) is 0 Å². The molecule has 0 fully saturated rings. The van der Waals surface area contributed by atoms with Crippen LogP contribution in [-0.4, -0.2) is 51.2 Å². The summed E-state index contributed by atoms with van der Waals surface area (Å²) in [7, 11) is -5.39. The van der Waals surface area contributed by atoms with Crippen LogP contribution in [0.15, 0.2) is 0 Å². The van der Waals surface area contributed by atoms with Gasteiger partial charge in [0, 0.05) is 0 Å². The molecule has 0 radical (unpaired) electrons. The van der Waals surface area contributed by atoms with Gasteiger partial charge in [-0.2, -0.15) is 7.82 Å². The van der Waals surface area contributed by atoms with Gasteiger partial charge in [0.15, 0.2) is 0 Å². The molecule has 0 unspecified atom stereocenters. The van der Waals surface area contributed by atoms with E-state index in [1.54, 1.807) is 0 Å². The molecule has 0 saturated carbocycles. The Labute approximate surface area is 93.3 Å². The predicted molar refractivity (Wildman–Crippen MR) is 29.5 cm³/mol. The van der Waals surface area contributed by atoms with Gasteiger partial charge in [-0.25, -0.2) is 0 Å². The molecule has 0 atom stereocenters. The molecule has 0 heterocycles. The Balaban J connectivity index is -0.0000000383. The third kappa shape index (κ3) is 1190. The van der Waals surface area contributed by atoms with Crippen molar-refractivity contribution in [1.29, 1.82) is 0 Å². The molecule has 0 aromatic carbocycles. The van der Waals surface area contributed by atoms with Gasteiger partial charge in [-0.15, -0.1) is 0 Å². The average Bonchev–Trinajstić information content (AvgIpc) is 1.19. The number of rotatable bonds is 0. The Bertz CT molecular complexity index is 116. The van der Waals surface area contributed by atoms with Crippen LogP contribution in [0.3, 0.4) is 0 Å². The van der Waals surface area contributed by atoms with Gasteiger partial charge in [0.2, 0.25) is 0 Å². The summed E-state index contributed by atoms with van der Waals surface area (Å²) in [6.45, 7) is 0. The molecule has 0 aromatic rings. The Morgan fingerprint density at radius 3 is 1.00 bits per heavy atom. The standard InChI is InChI=1S/2Mg.NO3.H3O4P/c;;2-1(3)4;1-5(2,3)4/h;;;(H3,1,2,3,4)/q2*+2;-1;/p-3. The number of hydrogen-bond acceptors (Lipinski definition) is 7. The smallest absolute Gasteiger partial charge is 0.822 e. The minimum Gasteiger partial charge on any atom is -0.822 e. The summed E-state index contributed by atoms with van der Waals surface area (Å²) in [4.78, 5) is 33.9. The summed E-state index contributed by atoms with van der Waals surface area (Å²) in [5.74, 6) is 0. The number of nitrogens with zero attached hydrogens (tertiary/aromatic N) is 1. The second kappa shape index (κ2) is 10.8. The van der Waals surface area contributed by atoms with E-state index >= 15 is 0 Å². The maximum Gasteiger partial charge on any atom is 2.00 e. The molecule has 0 rings (SSSR count). The summed E-state index contributed by atoms with van der Waals surface area (Å²) >= 11 is 0. The van der Waals surface area contributed by atoms with Crippen LogP contribution in [0.25, 0.3) is 0 Å². The molecule has 0 N–H and O–H groups in total. The minimum atomic E-state index is -5.39. The van der Waals surface area contributed by atoms with E-state index < -0.39 is 12.9 Å². The molecule has 0 spiro atoms. The first-order valence-electron chi connectivity index (χ1n) is 1.28. The van der Waals surface area contributed by atoms with E-state index in [1.165, 1.54) is 0 Å². The minimum absolute atomic E-state index is 0. The number of phosphoric acid groups is 1. The van der Waals surface area contributed by atoms with Crippen molar-refractivity contribution < 1.29 is 24.3 Å². The Morgan fingerprint density at radius 1 is 1.00 bits per heavy atom. The van der Waals surface area contributed by atoms with Crippen molar-refractivity contribution in [2.45, 2.75) is 0 Å². The first-order valence-corrected chi connectivity index (χ1v) is 2.74. The molecule has 0 bridgehead atoms. The first kappa shape index (κ1) is 22.6. The van der Waals surface area contributed by atoms with E-state index in [1.807, 2.05) is 0 Å². The molecule has 0 saturated heterocycles. The number of hydrogen-bond donors (Lipinski definition) is 0. The zero-order valence-corrected chi connectivity index (χ0v) is 8.89. The monoisotopic (exact) mass is 205 g/mol. The summed E-state index contributed by atoms with van der Waals surface area (Å²) in [6, 6.07) is 0. The molecular weight excluding hydrogens is 206 g/mol. The van der Waals surface area contributed by atoms with Gasteiger partial charge >= 0.3 is 46.1 Å². The van der Waals surface area contributed by atoms with Crippen LogP contribution in [0.1, 0.15) is 0 Å². The normalized spacial score (nSPS) is 7.55. The van der Waals surface area contributed by atoms with E-state index in [0.717, 1.165) is 0 Å². The van der Waals surface area contributed by atoms with E-state index in [4.69, 9.17) is 34.6 Å². The van der Waals surface area contributed by atoms with Gasteiger partial charge in [-0.05, 0) is 0 Å². The topological polar surface area (TPSA) is 152 Å². The molecule has 0 aliphatic heterocycles. The largest absolute Gasteiger partial charge is 2.00 e. The van der Waals surface area contributed by atoms with Crippen molar-refractivity contribution in [2.24, 2.45) is 0 Å². The second-order valence-electron chi connectivity index (χ2n) is 0.671. The van der Waals surface area contributed by atoms with Crippen LogP contribution in [0.4, 0.5) is 0 Å². The van der Waals surface area contributed by atoms with Gasteiger partial charge in [-0.3, -0.25) is 0 Å². The Morgan fingerprint density at radius 2 is 1.00 bits per heavy atom. The molecule has 0 amide bonds. The molecule has 0 aliphatic rings. The second-order valence-corrected chi connectivity index (χ2v) is 1.57. The maximum absolute atomic E-state index is 8.55. The third-order valence-corrected chi connectivity index (χ3v) is 0. The molecule has 8 nitrogen and oxygen atoms in total. The van der Waals surface area contributed by atoms with Crippen molar-refractivity contribution >= 4 is 53.9 Å². The van der Waals surface area contributed by atoms with Crippen molar-refractivity contribution in [3.05, 3.63) is 15.3 Å². The fourth-order valence-corrected chi connectivity index (χ4v) is 0. The SMILES string of the molecule is O=P([O-])([O-])[O-].O=[N+]([O-])[O-].[Mg+2].[Mg+2]. The van der Waals surface area contributed by atoms with Crippen molar-refractivity contribution in [3.63, 3.8) is 0 Å². The molecule has 0 aliphatic carbocycles. The Kier molecular flexibility index (Phi) is 22.3. The van der Waals surface area contributed by atoms with Crippen LogP contribution in [0.5, 0.6) is 0 Å². The fourth-order valence-electron chi connectivity index (χ4n) is 0. The van der Waals surface area contributed by atoms with Crippen LogP contribution in [0.2, 0.25) is 0 Å². The molecule has 11 heteroatoms. The zero-order chi connectivity index (χ0) is 8.08. The summed E-state index contributed by atoms with van der Waals surface area (Å²) in [6.07, 6.45) is 0. The van der Waals surface area contributed by atoms with Gasteiger partial charge in [0.25, 0.3) is 0 Å². The molecule has 0 aromatic heterocycles. The third-order valence-electron chi connectivity index (χ3n) is 0. The van der Waals surface area contributed by atoms with Gasteiger partial charge in [0.05, 0.1) is 5.09 Å². The fraction of sp³-hybridized carbons (Fsp3) is 0. The van der Waals surface area contributed by atoms with Crippen molar-refractivity contribution in [1.82, 2.24) is 0 Å². The van der Waals surface area contributed by atoms with Gasteiger partial charge in [-0.1, -0.05) is 0 Å². The summed E-state index contributed by atoms with van der Waals surface area (Å²) < 4.78 is 8.55. The van der Waals surface area contributed by atoms with Crippen molar-refractivity contribution in [2.75, 3.05) is 0 Å². The van der Waals surface area contributed by atoms with E-state index in [0.29, 0.717) is 0 Å². The van der Waals surface area contributed by atoms with E-state index in [9.17, 15) is 0 Å². The van der Waals surface area contributed by atoms with Crippen LogP contribution in [-0.2, 0) is 4.57 Å². The average molecular weight is 206 g/mol. The van der Waals surface area contributed by atoms with E-state index in [-0.39, 0.29) is 46.1 Å². The molecule has 11 heavy (non-hydrogen) atoms. The van der Waals surface area contributed by atoms with Crippen molar-refractivity contribution in [3.8, 4) is 0 Å². The predicted octanol–water partition coefficient (Wildman–Crippen LogP) is -3.83.